The van der Waals surface area contributed by atoms with Crippen LogP contribution in [0.3, 0.4) is 0 Å². The molecule has 0 saturated heterocycles. The van der Waals surface area contributed by atoms with E-state index in [1.54, 1.807) is 26.0 Å². The molecule has 0 amide bonds. The maximum atomic E-state index is 11.1. The summed E-state index contributed by atoms with van der Waals surface area (Å²) in [4.78, 5) is 21.6. The summed E-state index contributed by atoms with van der Waals surface area (Å²) in [7, 11) is 0. The summed E-state index contributed by atoms with van der Waals surface area (Å²) < 4.78 is 10.6. The summed E-state index contributed by atoms with van der Waals surface area (Å²) in [5.41, 5.74) is 0.201. The number of ether oxygens (including phenoxy) is 2. The number of carbonyl (C=O) groups is 2. The van der Waals surface area contributed by atoms with Gasteiger partial charge in [0.2, 0.25) is 0 Å². The number of aliphatic hydroxyl groups excluding tert-OH is 1. The predicted molar refractivity (Wildman–Crippen MR) is 72.0 cm³/mol. The van der Waals surface area contributed by atoms with Crippen LogP contribution in [-0.2, 0) is 9.59 Å². The van der Waals surface area contributed by atoms with Crippen molar-refractivity contribution < 1.29 is 29.3 Å². The topological polar surface area (TPSA) is 93.1 Å². The Bertz CT molecular complexity index is 532. The standard InChI is InChI=1S/C14H16O6/c1-3-19-9-5-6-13(20-4-2)10(7-9)11(15)8-12(16)14(17)18/h5-8,15H,3-4H2,1-2H3,(H,17,18)/b11-8-. The molecule has 1 aromatic rings. The summed E-state index contributed by atoms with van der Waals surface area (Å²) in [6.45, 7) is 4.37. The normalized spacial score (nSPS) is 11.0. The molecule has 0 saturated carbocycles. The lowest BCUT2D eigenvalue weighted by atomic mass is 10.1. The van der Waals surface area contributed by atoms with E-state index < -0.39 is 17.5 Å². The highest BCUT2D eigenvalue weighted by molar-refractivity contribution is 6.38. The first-order valence-electron chi connectivity index (χ1n) is 6.07. The molecule has 0 aliphatic carbocycles. The molecule has 0 aliphatic heterocycles. The van der Waals surface area contributed by atoms with Crippen molar-refractivity contribution in [3.63, 3.8) is 0 Å². The van der Waals surface area contributed by atoms with E-state index in [9.17, 15) is 14.7 Å². The van der Waals surface area contributed by atoms with Crippen LogP contribution in [0.25, 0.3) is 5.76 Å². The van der Waals surface area contributed by atoms with Gasteiger partial charge < -0.3 is 19.7 Å². The van der Waals surface area contributed by atoms with Crippen LogP contribution in [0.1, 0.15) is 19.4 Å². The van der Waals surface area contributed by atoms with Gasteiger partial charge in [0.05, 0.1) is 18.8 Å². The molecule has 0 aliphatic rings. The first-order valence-corrected chi connectivity index (χ1v) is 6.07. The van der Waals surface area contributed by atoms with E-state index in [1.165, 1.54) is 6.07 Å². The second-order valence-corrected chi connectivity index (χ2v) is 3.72. The van der Waals surface area contributed by atoms with E-state index in [0.29, 0.717) is 30.8 Å². The van der Waals surface area contributed by atoms with Crippen molar-refractivity contribution in [1.29, 1.82) is 0 Å². The van der Waals surface area contributed by atoms with Crippen molar-refractivity contribution >= 4 is 17.5 Å². The lowest BCUT2D eigenvalue weighted by Crippen LogP contribution is -2.10. The average molecular weight is 280 g/mol. The van der Waals surface area contributed by atoms with Gasteiger partial charge in [0, 0.05) is 6.08 Å². The summed E-state index contributed by atoms with van der Waals surface area (Å²) in [5.74, 6) is -2.53. The van der Waals surface area contributed by atoms with Gasteiger partial charge in [-0.1, -0.05) is 0 Å². The summed E-state index contributed by atoms with van der Waals surface area (Å²) in [6.07, 6.45) is 0.635. The molecule has 6 heteroatoms. The summed E-state index contributed by atoms with van der Waals surface area (Å²) >= 11 is 0. The highest BCUT2D eigenvalue weighted by atomic mass is 16.5. The van der Waals surface area contributed by atoms with Crippen LogP contribution in [-0.4, -0.2) is 35.2 Å². The zero-order valence-electron chi connectivity index (χ0n) is 11.3. The fourth-order valence-electron chi connectivity index (χ4n) is 1.51. The quantitative estimate of drug-likeness (QED) is 0.451. The number of carboxylic acid groups (broad SMARTS) is 1. The van der Waals surface area contributed by atoms with E-state index >= 15 is 0 Å². The first-order chi connectivity index (χ1) is 9.49. The molecule has 0 fully saturated rings. The van der Waals surface area contributed by atoms with Crippen molar-refractivity contribution in [1.82, 2.24) is 0 Å². The van der Waals surface area contributed by atoms with E-state index in [-0.39, 0.29) is 5.56 Å². The molecule has 0 spiro atoms. The molecule has 6 nitrogen and oxygen atoms in total. The van der Waals surface area contributed by atoms with Gasteiger partial charge in [-0.25, -0.2) is 4.79 Å². The highest BCUT2D eigenvalue weighted by Crippen LogP contribution is 2.29. The molecule has 0 bridgehead atoms. The third kappa shape index (κ3) is 4.01. The van der Waals surface area contributed by atoms with Crippen molar-refractivity contribution in [3.8, 4) is 11.5 Å². The van der Waals surface area contributed by atoms with E-state index in [2.05, 4.69) is 0 Å². The molecule has 0 radical (unpaired) electrons. The van der Waals surface area contributed by atoms with Crippen LogP contribution in [0.4, 0.5) is 0 Å². The number of benzene rings is 1. The van der Waals surface area contributed by atoms with Crippen LogP contribution in [0.2, 0.25) is 0 Å². The van der Waals surface area contributed by atoms with E-state index in [1.807, 2.05) is 0 Å². The van der Waals surface area contributed by atoms with Crippen molar-refractivity contribution in [2.45, 2.75) is 13.8 Å². The molecule has 108 valence electrons. The number of carbonyl (C=O) groups excluding carboxylic acids is 1. The maximum absolute atomic E-state index is 11.1. The molecule has 1 rings (SSSR count). The highest BCUT2D eigenvalue weighted by Gasteiger charge is 2.14. The zero-order valence-corrected chi connectivity index (χ0v) is 11.3. The molecule has 2 N–H and O–H groups in total. The van der Waals surface area contributed by atoms with Gasteiger partial charge in [0.25, 0.3) is 5.78 Å². The van der Waals surface area contributed by atoms with Crippen LogP contribution in [0.5, 0.6) is 11.5 Å². The van der Waals surface area contributed by atoms with E-state index in [0.717, 1.165) is 0 Å². The molecular formula is C14H16O6. The predicted octanol–water partition coefficient (Wildman–Crippen LogP) is 2.04. The van der Waals surface area contributed by atoms with Crippen molar-refractivity contribution in [2.75, 3.05) is 13.2 Å². The minimum Gasteiger partial charge on any atom is -0.507 e. The molecule has 0 heterocycles. The number of hydrogen-bond donors (Lipinski definition) is 2. The largest absolute Gasteiger partial charge is 0.507 e. The van der Waals surface area contributed by atoms with Gasteiger partial charge >= 0.3 is 5.97 Å². The number of aliphatic carboxylic acids is 1. The fourth-order valence-corrected chi connectivity index (χ4v) is 1.51. The second kappa shape index (κ2) is 7.18. The van der Waals surface area contributed by atoms with E-state index in [4.69, 9.17) is 14.6 Å². The second-order valence-electron chi connectivity index (χ2n) is 3.72. The van der Waals surface area contributed by atoms with Crippen LogP contribution >= 0.6 is 0 Å². The van der Waals surface area contributed by atoms with Gasteiger partial charge in [-0.3, -0.25) is 4.79 Å². The molecule has 1 aromatic carbocycles. The van der Waals surface area contributed by atoms with Crippen molar-refractivity contribution in [3.05, 3.63) is 29.8 Å². The van der Waals surface area contributed by atoms with Crippen LogP contribution in [0.15, 0.2) is 24.3 Å². The summed E-state index contributed by atoms with van der Waals surface area (Å²) in [5, 5.41) is 18.4. The Morgan fingerprint density at radius 2 is 1.80 bits per heavy atom. The lowest BCUT2D eigenvalue weighted by molar-refractivity contribution is -0.146. The molecule has 0 aromatic heterocycles. The third-order valence-corrected chi connectivity index (χ3v) is 2.32. The zero-order chi connectivity index (χ0) is 15.1. The summed E-state index contributed by atoms with van der Waals surface area (Å²) in [6, 6.07) is 4.72. The maximum Gasteiger partial charge on any atom is 0.376 e. The Labute approximate surface area is 116 Å². The smallest absolute Gasteiger partial charge is 0.376 e. The van der Waals surface area contributed by atoms with Crippen LogP contribution in [0, 0.1) is 0 Å². The first kappa shape index (κ1) is 15.6. The lowest BCUT2D eigenvalue weighted by Gasteiger charge is -2.11. The van der Waals surface area contributed by atoms with Gasteiger partial charge in [-0.2, -0.15) is 0 Å². The van der Waals surface area contributed by atoms with Gasteiger partial charge in [-0.15, -0.1) is 0 Å². The minimum absolute atomic E-state index is 0.201. The number of carboxylic acids is 1. The number of ketones is 1. The molecular weight excluding hydrogens is 264 g/mol. The Morgan fingerprint density at radius 3 is 2.35 bits per heavy atom. The average Bonchev–Trinajstić information content (AvgIpc) is 2.40. The number of hydrogen-bond acceptors (Lipinski definition) is 5. The van der Waals surface area contributed by atoms with Gasteiger partial charge in [0.1, 0.15) is 17.3 Å². The minimum atomic E-state index is -1.64. The monoisotopic (exact) mass is 280 g/mol. The van der Waals surface area contributed by atoms with Gasteiger partial charge in [-0.05, 0) is 32.0 Å². The molecule has 20 heavy (non-hydrogen) atoms. The Kier molecular flexibility index (Phi) is 5.58. The molecule has 0 atom stereocenters. The number of aliphatic hydroxyl groups is 1. The fraction of sp³-hybridized carbons (Fsp3) is 0.286. The molecule has 0 unspecified atom stereocenters. The van der Waals surface area contributed by atoms with Crippen LogP contribution < -0.4 is 9.47 Å². The Balaban J connectivity index is 3.20. The van der Waals surface area contributed by atoms with Gasteiger partial charge in [0.15, 0.2) is 0 Å². The Morgan fingerprint density at radius 1 is 1.15 bits per heavy atom. The number of rotatable bonds is 7. The third-order valence-electron chi connectivity index (χ3n) is 2.32. The Hall–Kier alpha value is -2.50. The SMILES string of the molecule is CCOc1ccc(OCC)c(/C(O)=C/C(=O)C(=O)O)c1. The van der Waals surface area contributed by atoms with Crippen molar-refractivity contribution in [2.24, 2.45) is 0 Å².